The van der Waals surface area contributed by atoms with Crippen molar-refractivity contribution in [2.75, 3.05) is 0 Å². The highest BCUT2D eigenvalue weighted by Gasteiger charge is 2.22. The molecule has 1 aromatic heterocycles. The van der Waals surface area contributed by atoms with Gasteiger partial charge in [-0.2, -0.15) is 5.10 Å². The van der Waals surface area contributed by atoms with Gasteiger partial charge in [0.2, 0.25) is 0 Å². The van der Waals surface area contributed by atoms with Crippen molar-refractivity contribution in [3.05, 3.63) is 16.3 Å². The quantitative estimate of drug-likeness (QED) is 0.765. The van der Waals surface area contributed by atoms with Gasteiger partial charge in [0.15, 0.2) is 5.78 Å². The minimum atomic E-state index is -0.435. The smallest absolute Gasteiger partial charge is 0.297 e. The highest BCUT2D eigenvalue weighted by atomic mass is 16.2. The minimum absolute atomic E-state index is 0.0533. The van der Waals surface area contributed by atoms with Crippen LogP contribution in [-0.2, 0) is 17.8 Å². The molecule has 0 saturated heterocycles. The van der Waals surface area contributed by atoms with Crippen LogP contribution in [0.25, 0.3) is 0 Å². The van der Waals surface area contributed by atoms with E-state index < -0.39 is 6.04 Å². The number of aryl methyl sites for hydroxylation is 1. The number of fused-ring (bicyclic) bond motifs is 1. The lowest BCUT2D eigenvalue weighted by Crippen LogP contribution is -2.31. The summed E-state index contributed by atoms with van der Waals surface area (Å²) in [4.78, 5) is 23.6. The first-order valence-electron chi connectivity index (χ1n) is 5.86. The number of ketones is 1. The van der Waals surface area contributed by atoms with E-state index in [2.05, 4.69) is 5.10 Å². The van der Waals surface area contributed by atoms with Crippen molar-refractivity contribution in [3.63, 3.8) is 0 Å². The molecule has 1 unspecified atom stereocenters. The monoisotopic (exact) mass is 223 g/mol. The molecule has 2 rings (SSSR count). The second-order valence-corrected chi connectivity index (χ2v) is 4.25. The summed E-state index contributed by atoms with van der Waals surface area (Å²) in [6.07, 6.45) is 3.38. The van der Waals surface area contributed by atoms with Crippen molar-refractivity contribution >= 4 is 5.78 Å². The summed E-state index contributed by atoms with van der Waals surface area (Å²) < 4.78 is 3.04. The zero-order chi connectivity index (χ0) is 11.7. The molecule has 0 bridgehead atoms. The SMILES string of the molecule is CCC(=O)C(C)n1nc2n(c1=O)CCCC2. The van der Waals surface area contributed by atoms with E-state index in [-0.39, 0.29) is 11.5 Å². The third kappa shape index (κ3) is 1.70. The maximum absolute atomic E-state index is 12.0. The molecular weight excluding hydrogens is 206 g/mol. The van der Waals surface area contributed by atoms with Crippen LogP contribution >= 0.6 is 0 Å². The zero-order valence-corrected chi connectivity index (χ0v) is 9.77. The first kappa shape index (κ1) is 11.1. The molecule has 0 amide bonds. The molecule has 16 heavy (non-hydrogen) atoms. The Hall–Kier alpha value is -1.39. The second-order valence-electron chi connectivity index (χ2n) is 4.25. The molecule has 0 spiro atoms. The number of aromatic nitrogens is 3. The van der Waals surface area contributed by atoms with E-state index in [4.69, 9.17) is 0 Å². The van der Waals surface area contributed by atoms with Crippen molar-refractivity contribution in [2.45, 2.75) is 52.1 Å². The van der Waals surface area contributed by atoms with E-state index in [1.165, 1.54) is 4.68 Å². The largest absolute Gasteiger partial charge is 0.346 e. The number of nitrogens with zero attached hydrogens (tertiary/aromatic N) is 3. The molecule has 2 heterocycles. The Morgan fingerprint density at radius 3 is 2.88 bits per heavy atom. The van der Waals surface area contributed by atoms with Crippen LogP contribution in [0.5, 0.6) is 0 Å². The van der Waals surface area contributed by atoms with Gasteiger partial charge in [-0.25, -0.2) is 9.48 Å². The van der Waals surface area contributed by atoms with Gasteiger partial charge in [-0.3, -0.25) is 9.36 Å². The maximum atomic E-state index is 12.0. The Morgan fingerprint density at radius 2 is 2.25 bits per heavy atom. The average Bonchev–Trinajstić information content (AvgIpc) is 2.65. The lowest BCUT2D eigenvalue weighted by Gasteiger charge is -2.09. The van der Waals surface area contributed by atoms with Crippen molar-refractivity contribution in [1.29, 1.82) is 0 Å². The predicted octanol–water partition coefficient (Wildman–Crippen LogP) is 0.921. The van der Waals surface area contributed by atoms with E-state index in [1.54, 1.807) is 18.4 Å². The highest BCUT2D eigenvalue weighted by molar-refractivity contribution is 5.81. The van der Waals surface area contributed by atoms with Gasteiger partial charge in [-0.1, -0.05) is 6.92 Å². The van der Waals surface area contributed by atoms with Gasteiger partial charge in [-0.15, -0.1) is 0 Å². The topological polar surface area (TPSA) is 56.9 Å². The van der Waals surface area contributed by atoms with Crippen LogP contribution in [0.15, 0.2) is 4.79 Å². The van der Waals surface area contributed by atoms with Gasteiger partial charge in [-0.05, 0) is 19.8 Å². The highest BCUT2D eigenvalue weighted by Crippen LogP contribution is 2.12. The molecule has 0 aromatic carbocycles. The third-order valence-electron chi connectivity index (χ3n) is 3.18. The normalized spacial score (nSPS) is 16.9. The van der Waals surface area contributed by atoms with E-state index in [9.17, 15) is 9.59 Å². The second kappa shape index (κ2) is 4.23. The Bertz CT molecular complexity index is 458. The van der Waals surface area contributed by atoms with E-state index >= 15 is 0 Å². The number of hydrogen-bond donors (Lipinski definition) is 0. The molecular formula is C11H17N3O2. The minimum Gasteiger partial charge on any atom is -0.297 e. The fraction of sp³-hybridized carbons (Fsp3) is 0.727. The third-order valence-corrected chi connectivity index (χ3v) is 3.18. The summed E-state index contributed by atoms with van der Waals surface area (Å²) in [7, 11) is 0. The van der Waals surface area contributed by atoms with Crippen molar-refractivity contribution in [2.24, 2.45) is 0 Å². The molecule has 0 fully saturated rings. The summed E-state index contributed by atoms with van der Waals surface area (Å²) in [6, 6.07) is -0.435. The fourth-order valence-corrected chi connectivity index (χ4v) is 2.10. The predicted molar refractivity (Wildman–Crippen MR) is 59.4 cm³/mol. The molecule has 0 N–H and O–H groups in total. The molecule has 5 heteroatoms. The molecule has 1 aromatic rings. The number of Topliss-reactive ketones (excluding diaryl/α,β-unsaturated/α-hetero) is 1. The van der Waals surface area contributed by atoms with Crippen molar-refractivity contribution in [3.8, 4) is 0 Å². The summed E-state index contributed by atoms with van der Waals surface area (Å²) in [5.41, 5.74) is -0.135. The van der Waals surface area contributed by atoms with Crippen LogP contribution in [0.3, 0.4) is 0 Å². The summed E-state index contributed by atoms with van der Waals surface area (Å²) >= 11 is 0. The molecule has 0 saturated carbocycles. The van der Waals surface area contributed by atoms with Gasteiger partial charge in [0.1, 0.15) is 11.9 Å². The lowest BCUT2D eigenvalue weighted by molar-refractivity contribution is -0.121. The Balaban J connectivity index is 2.39. The lowest BCUT2D eigenvalue weighted by atomic mass is 10.2. The van der Waals surface area contributed by atoms with Crippen LogP contribution in [0.2, 0.25) is 0 Å². The van der Waals surface area contributed by atoms with Gasteiger partial charge >= 0.3 is 5.69 Å². The molecule has 88 valence electrons. The molecule has 1 atom stereocenters. The number of carbonyl (C=O) groups is 1. The Morgan fingerprint density at radius 1 is 1.50 bits per heavy atom. The molecule has 1 aliphatic heterocycles. The van der Waals surface area contributed by atoms with Gasteiger partial charge < -0.3 is 0 Å². The molecule has 1 aliphatic rings. The number of carbonyl (C=O) groups excluding carboxylic acids is 1. The average molecular weight is 223 g/mol. The van der Waals surface area contributed by atoms with Crippen LogP contribution < -0.4 is 5.69 Å². The van der Waals surface area contributed by atoms with Crippen LogP contribution in [-0.4, -0.2) is 20.1 Å². The summed E-state index contributed by atoms with van der Waals surface area (Å²) in [6.45, 7) is 4.29. The molecule has 0 radical (unpaired) electrons. The molecule has 5 nitrogen and oxygen atoms in total. The van der Waals surface area contributed by atoms with Gasteiger partial charge in [0.05, 0.1) is 0 Å². The zero-order valence-electron chi connectivity index (χ0n) is 9.77. The number of hydrogen-bond acceptors (Lipinski definition) is 3. The van der Waals surface area contributed by atoms with Crippen LogP contribution in [0.4, 0.5) is 0 Å². The maximum Gasteiger partial charge on any atom is 0.346 e. The Kier molecular flexibility index (Phi) is 2.94. The van der Waals surface area contributed by atoms with Crippen LogP contribution in [0.1, 0.15) is 45.0 Å². The summed E-state index contributed by atoms with van der Waals surface area (Å²) in [5, 5.41) is 4.27. The number of rotatable bonds is 3. The van der Waals surface area contributed by atoms with E-state index in [0.29, 0.717) is 6.42 Å². The van der Waals surface area contributed by atoms with Crippen molar-refractivity contribution < 1.29 is 4.79 Å². The van der Waals surface area contributed by atoms with Crippen LogP contribution in [0, 0.1) is 0 Å². The van der Waals surface area contributed by atoms with Crippen molar-refractivity contribution in [1.82, 2.24) is 14.3 Å². The van der Waals surface area contributed by atoms with E-state index in [0.717, 1.165) is 31.6 Å². The first-order chi connectivity index (χ1) is 7.65. The standard InChI is InChI=1S/C11H17N3O2/c1-3-9(15)8(2)14-11(16)13-7-5-4-6-10(13)12-14/h8H,3-7H2,1-2H3. The molecule has 0 aliphatic carbocycles. The van der Waals surface area contributed by atoms with E-state index in [1.807, 2.05) is 0 Å². The Labute approximate surface area is 94.1 Å². The van der Waals surface area contributed by atoms with Gasteiger partial charge in [0.25, 0.3) is 0 Å². The van der Waals surface area contributed by atoms with Gasteiger partial charge in [0, 0.05) is 19.4 Å². The fourth-order valence-electron chi connectivity index (χ4n) is 2.10. The summed E-state index contributed by atoms with van der Waals surface area (Å²) in [5.74, 6) is 0.879. The first-order valence-corrected chi connectivity index (χ1v) is 5.86.